The van der Waals surface area contributed by atoms with Gasteiger partial charge >= 0.3 is 6.55 Å². The van der Waals surface area contributed by atoms with Crippen LogP contribution in [-0.4, -0.2) is 21.6 Å². The van der Waals surface area contributed by atoms with Gasteiger partial charge in [-0.25, -0.2) is 0 Å². The number of carbonyl (C=O) groups is 2. The first-order valence-corrected chi connectivity index (χ1v) is 7.88. The standard InChI is InChI=1S/C14H14F2N4O2S/c15-14(16)20-8(5-6-18-20)12(22)19-13-10(11(17)21)7-3-1-2-4-9(7)23-13/h5-6,14H,1-4H2,(H2,17,21)(H,19,22). The molecule has 0 aromatic carbocycles. The number of halogens is 2. The largest absolute Gasteiger partial charge is 0.365 e. The maximum absolute atomic E-state index is 12.8. The quantitative estimate of drug-likeness (QED) is 0.896. The number of nitrogens with zero attached hydrogens (tertiary/aromatic N) is 2. The number of hydrogen-bond acceptors (Lipinski definition) is 4. The molecular weight excluding hydrogens is 326 g/mol. The van der Waals surface area contributed by atoms with Gasteiger partial charge in [-0.15, -0.1) is 11.3 Å². The summed E-state index contributed by atoms with van der Waals surface area (Å²) in [7, 11) is 0. The van der Waals surface area contributed by atoms with Gasteiger partial charge in [0.2, 0.25) is 0 Å². The first kappa shape index (κ1) is 15.6. The molecule has 2 aromatic heterocycles. The topological polar surface area (TPSA) is 90.0 Å². The molecule has 0 spiro atoms. The summed E-state index contributed by atoms with van der Waals surface area (Å²) in [6, 6.07) is 1.19. The van der Waals surface area contributed by atoms with Crippen LogP contribution in [0.25, 0.3) is 0 Å². The zero-order chi connectivity index (χ0) is 16.6. The van der Waals surface area contributed by atoms with Crippen molar-refractivity contribution in [2.45, 2.75) is 32.2 Å². The second-order valence-electron chi connectivity index (χ2n) is 5.17. The summed E-state index contributed by atoms with van der Waals surface area (Å²) in [6.45, 7) is -2.92. The summed E-state index contributed by atoms with van der Waals surface area (Å²) in [5.74, 6) is -1.37. The van der Waals surface area contributed by atoms with E-state index >= 15 is 0 Å². The van der Waals surface area contributed by atoms with E-state index in [0.717, 1.165) is 42.3 Å². The van der Waals surface area contributed by atoms with Gasteiger partial charge in [0.05, 0.1) is 5.56 Å². The number of hydrogen-bond donors (Lipinski definition) is 2. The molecule has 122 valence electrons. The van der Waals surface area contributed by atoms with Crippen LogP contribution >= 0.6 is 11.3 Å². The number of thiophene rings is 1. The minimum Gasteiger partial charge on any atom is -0.365 e. The first-order valence-electron chi connectivity index (χ1n) is 7.06. The molecule has 2 aromatic rings. The summed E-state index contributed by atoms with van der Waals surface area (Å²) >= 11 is 1.28. The van der Waals surface area contributed by atoms with Crippen LogP contribution in [0.15, 0.2) is 12.3 Å². The lowest BCUT2D eigenvalue weighted by Gasteiger charge is -2.11. The van der Waals surface area contributed by atoms with E-state index in [2.05, 4.69) is 10.4 Å². The maximum atomic E-state index is 12.8. The van der Waals surface area contributed by atoms with Gasteiger partial charge in [0.1, 0.15) is 10.7 Å². The zero-order valence-electron chi connectivity index (χ0n) is 12.0. The molecule has 9 heteroatoms. The van der Waals surface area contributed by atoms with Crippen molar-refractivity contribution in [2.24, 2.45) is 5.73 Å². The van der Waals surface area contributed by atoms with E-state index in [1.54, 1.807) is 0 Å². The number of aryl methyl sites for hydroxylation is 1. The zero-order valence-corrected chi connectivity index (χ0v) is 12.8. The molecule has 2 amide bonds. The van der Waals surface area contributed by atoms with Crippen molar-refractivity contribution in [2.75, 3.05) is 5.32 Å². The number of fused-ring (bicyclic) bond motifs is 1. The number of primary amides is 1. The Morgan fingerprint density at radius 2 is 2.09 bits per heavy atom. The molecule has 0 atom stereocenters. The van der Waals surface area contributed by atoms with Crippen LogP contribution in [0.3, 0.4) is 0 Å². The average Bonchev–Trinajstić information content (AvgIpc) is 3.11. The third-order valence-corrected chi connectivity index (χ3v) is 4.94. The lowest BCUT2D eigenvalue weighted by atomic mass is 9.95. The summed E-state index contributed by atoms with van der Waals surface area (Å²) < 4.78 is 25.9. The van der Waals surface area contributed by atoms with Crippen LogP contribution in [-0.2, 0) is 12.8 Å². The van der Waals surface area contributed by atoms with E-state index in [9.17, 15) is 18.4 Å². The molecule has 3 N–H and O–H groups in total. The number of nitrogens with two attached hydrogens (primary N) is 1. The van der Waals surface area contributed by atoms with Gasteiger partial charge in [0.25, 0.3) is 11.8 Å². The molecule has 23 heavy (non-hydrogen) atoms. The molecular formula is C14H14F2N4O2S. The molecule has 0 saturated heterocycles. The Bertz CT molecular complexity index is 769. The van der Waals surface area contributed by atoms with Crippen molar-refractivity contribution >= 4 is 28.2 Å². The Labute approximate surface area is 134 Å². The summed E-state index contributed by atoms with van der Waals surface area (Å²) in [6.07, 6.45) is 4.64. The van der Waals surface area contributed by atoms with Crippen molar-refractivity contribution in [3.05, 3.63) is 34.0 Å². The maximum Gasteiger partial charge on any atom is 0.333 e. The highest BCUT2D eigenvalue weighted by molar-refractivity contribution is 7.17. The second kappa shape index (κ2) is 6.07. The van der Waals surface area contributed by atoms with Gasteiger partial charge in [0.15, 0.2) is 0 Å². The number of anilines is 1. The lowest BCUT2D eigenvalue weighted by Crippen LogP contribution is -2.21. The van der Waals surface area contributed by atoms with E-state index in [-0.39, 0.29) is 5.69 Å². The molecule has 0 bridgehead atoms. The summed E-state index contributed by atoms with van der Waals surface area (Å²) in [5.41, 5.74) is 6.32. The van der Waals surface area contributed by atoms with E-state index in [1.807, 2.05) is 0 Å². The predicted octanol–water partition coefficient (Wildman–Crippen LogP) is 2.57. The molecule has 1 aliphatic carbocycles. The number of rotatable bonds is 4. The third-order valence-electron chi connectivity index (χ3n) is 3.73. The van der Waals surface area contributed by atoms with Gasteiger partial charge in [0, 0.05) is 11.1 Å². The van der Waals surface area contributed by atoms with Crippen LogP contribution in [0, 0.1) is 0 Å². The molecule has 0 unspecified atom stereocenters. The van der Waals surface area contributed by atoms with Crippen molar-refractivity contribution in [3.8, 4) is 0 Å². The van der Waals surface area contributed by atoms with Gasteiger partial charge in [-0.1, -0.05) is 0 Å². The van der Waals surface area contributed by atoms with Crippen molar-refractivity contribution in [3.63, 3.8) is 0 Å². The van der Waals surface area contributed by atoms with Crippen molar-refractivity contribution in [1.82, 2.24) is 9.78 Å². The number of amides is 2. The molecule has 6 nitrogen and oxygen atoms in total. The molecule has 2 heterocycles. The van der Waals surface area contributed by atoms with Crippen LogP contribution in [0.2, 0.25) is 0 Å². The van der Waals surface area contributed by atoms with Crippen LogP contribution in [0.1, 0.15) is 50.7 Å². The Morgan fingerprint density at radius 3 is 2.78 bits per heavy atom. The molecule has 1 aliphatic rings. The Morgan fingerprint density at radius 1 is 1.35 bits per heavy atom. The fourth-order valence-corrected chi connectivity index (χ4v) is 4.02. The van der Waals surface area contributed by atoms with Crippen LogP contribution in [0.4, 0.5) is 13.8 Å². The molecule has 3 rings (SSSR count). The summed E-state index contributed by atoms with van der Waals surface area (Å²) in [4.78, 5) is 25.0. The van der Waals surface area contributed by atoms with Gasteiger partial charge in [-0.05, 0) is 37.3 Å². The number of carbonyl (C=O) groups excluding carboxylic acids is 2. The van der Waals surface area contributed by atoms with Crippen molar-refractivity contribution in [1.29, 1.82) is 0 Å². The van der Waals surface area contributed by atoms with Crippen LogP contribution in [0.5, 0.6) is 0 Å². The fourth-order valence-electron chi connectivity index (χ4n) is 2.73. The second-order valence-corrected chi connectivity index (χ2v) is 6.28. The predicted molar refractivity (Wildman–Crippen MR) is 80.9 cm³/mol. The monoisotopic (exact) mass is 340 g/mol. The average molecular weight is 340 g/mol. The van der Waals surface area contributed by atoms with E-state index < -0.39 is 18.4 Å². The smallest absolute Gasteiger partial charge is 0.333 e. The molecule has 0 saturated carbocycles. The number of nitrogens with one attached hydrogen (secondary N) is 1. The first-order chi connectivity index (χ1) is 11.0. The van der Waals surface area contributed by atoms with E-state index in [1.165, 1.54) is 17.4 Å². The molecule has 0 radical (unpaired) electrons. The van der Waals surface area contributed by atoms with Gasteiger partial charge in [-0.2, -0.15) is 18.6 Å². The van der Waals surface area contributed by atoms with Gasteiger partial charge < -0.3 is 11.1 Å². The summed E-state index contributed by atoms with van der Waals surface area (Å²) in [5, 5.41) is 6.27. The number of alkyl halides is 2. The van der Waals surface area contributed by atoms with Crippen LogP contribution < -0.4 is 11.1 Å². The van der Waals surface area contributed by atoms with Gasteiger partial charge in [-0.3, -0.25) is 9.59 Å². The lowest BCUT2D eigenvalue weighted by molar-refractivity contribution is 0.0520. The Balaban J connectivity index is 1.93. The number of aromatic nitrogens is 2. The fraction of sp³-hybridized carbons (Fsp3) is 0.357. The minimum absolute atomic E-state index is 0.276. The minimum atomic E-state index is -2.92. The highest BCUT2D eigenvalue weighted by Crippen LogP contribution is 2.38. The third kappa shape index (κ3) is 2.83. The Hall–Kier alpha value is -2.29. The SMILES string of the molecule is NC(=O)c1c(NC(=O)c2ccnn2C(F)F)sc2c1CCCC2. The van der Waals surface area contributed by atoms with Crippen molar-refractivity contribution < 1.29 is 18.4 Å². The van der Waals surface area contributed by atoms with E-state index in [4.69, 9.17) is 5.73 Å². The molecule has 0 aliphatic heterocycles. The highest BCUT2D eigenvalue weighted by Gasteiger charge is 2.26. The Kier molecular flexibility index (Phi) is 4.12. The normalized spacial score (nSPS) is 13.9. The van der Waals surface area contributed by atoms with E-state index in [0.29, 0.717) is 15.2 Å². The highest BCUT2D eigenvalue weighted by atomic mass is 32.1. The molecule has 0 fully saturated rings.